The summed E-state index contributed by atoms with van der Waals surface area (Å²) >= 11 is 0. The summed E-state index contributed by atoms with van der Waals surface area (Å²) in [4.78, 5) is 0. The van der Waals surface area contributed by atoms with Crippen molar-refractivity contribution in [1.29, 1.82) is 0 Å². The monoisotopic (exact) mass is 277 g/mol. The molecule has 0 aromatic heterocycles. The van der Waals surface area contributed by atoms with Gasteiger partial charge in [-0.25, -0.2) is 0 Å². The minimum absolute atomic E-state index is 0.0907. The number of halogens is 3. The number of nitrogens with one attached hydrogen (secondary N) is 1. The first kappa shape index (κ1) is 15.8. The van der Waals surface area contributed by atoms with Crippen molar-refractivity contribution in [3.8, 4) is 5.75 Å². The molecular weight excluding hydrogens is 259 g/mol. The van der Waals surface area contributed by atoms with Crippen LogP contribution in [-0.2, 0) is 4.74 Å². The van der Waals surface area contributed by atoms with Crippen LogP contribution in [0.2, 0.25) is 0 Å². The highest BCUT2D eigenvalue weighted by molar-refractivity contribution is 5.36. The van der Waals surface area contributed by atoms with Crippen molar-refractivity contribution in [2.24, 2.45) is 0 Å². The van der Waals surface area contributed by atoms with E-state index in [1.807, 2.05) is 0 Å². The second kappa shape index (κ2) is 7.35. The summed E-state index contributed by atoms with van der Waals surface area (Å²) in [6.45, 7) is 2.39. The molecular formula is C13H18F3NO2. The molecule has 3 nitrogen and oxygen atoms in total. The molecule has 0 radical (unpaired) electrons. The van der Waals surface area contributed by atoms with E-state index in [2.05, 4.69) is 5.32 Å². The van der Waals surface area contributed by atoms with Gasteiger partial charge < -0.3 is 14.8 Å². The highest BCUT2D eigenvalue weighted by Gasteiger charge is 2.41. The summed E-state index contributed by atoms with van der Waals surface area (Å²) in [6.07, 6.45) is -4.36. The summed E-state index contributed by atoms with van der Waals surface area (Å²) in [5.41, 5.74) is 0.0907. The minimum atomic E-state index is -4.36. The van der Waals surface area contributed by atoms with E-state index in [1.165, 1.54) is 19.2 Å². The van der Waals surface area contributed by atoms with Gasteiger partial charge in [0, 0.05) is 12.7 Å². The van der Waals surface area contributed by atoms with Gasteiger partial charge in [0.05, 0.1) is 6.61 Å². The van der Waals surface area contributed by atoms with Gasteiger partial charge >= 0.3 is 6.18 Å². The van der Waals surface area contributed by atoms with Crippen LogP contribution in [0.3, 0.4) is 0 Å². The van der Waals surface area contributed by atoms with Crippen LogP contribution in [0.25, 0.3) is 0 Å². The van der Waals surface area contributed by atoms with Gasteiger partial charge in [-0.15, -0.1) is 0 Å². The molecule has 0 aliphatic carbocycles. The van der Waals surface area contributed by atoms with Crippen molar-refractivity contribution in [2.75, 3.05) is 26.9 Å². The van der Waals surface area contributed by atoms with Crippen molar-refractivity contribution >= 4 is 0 Å². The number of ether oxygens (including phenoxy) is 2. The molecule has 1 aromatic rings. The minimum Gasteiger partial charge on any atom is -0.491 e. The summed E-state index contributed by atoms with van der Waals surface area (Å²) < 4.78 is 49.2. The van der Waals surface area contributed by atoms with Crippen LogP contribution in [0.4, 0.5) is 13.2 Å². The highest BCUT2D eigenvalue weighted by Crippen LogP contribution is 2.37. The van der Waals surface area contributed by atoms with Crippen molar-refractivity contribution in [1.82, 2.24) is 5.32 Å². The number of para-hydroxylation sites is 1. The largest absolute Gasteiger partial charge is 0.491 e. The van der Waals surface area contributed by atoms with Gasteiger partial charge in [-0.1, -0.05) is 25.1 Å². The average molecular weight is 277 g/mol. The quantitative estimate of drug-likeness (QED) is 0.777. The van der Waals surface area contributed by atoms with E-state index >= 15 is 0 Å². The highest BCUT2D eigenvalue weighted by atomic mass is 19.4. The zero-order valence-electron chi connectivity index (χ0n) is 11.0. The van der Waals surface area contributed by atoms with E-state index in [1.54, 1.807) is 19.1 Å². The third kappa shape index (κ3) is 4.72. The third-order valence-electron chi connectivity index (χ3n) is 2.51. The lowest BCUT2D eigenvalue weighted by atomic mass is 10.1. The van der Waals surface area contributed by atoms with Gasteiger partial charge in [0.2, 0.25) is 0 Å². The van der Waals surface area contributed by atoms with Crippen LogP contribution in [0.15, 0.2) is 24.3 Å². The molecule has 108 valence electrons. The summed E-state index contributed by atoms with van der Waals surface area (Å²) in [5, 5.41) is 2.43. The Morgan fingerprint density at radius 1 is 1.21 bits per heavy atom. The fraction of sp³-hybridized carbons (Fsp3) is 0.538. The summed E-state index contributed by atoms with van der Waals surface area (Å²) in [6, 6.07) is 4.43. The van der Waals surface area contributed by atoms with Crippen LogP contribution < -0.4 is 10.1 Å². The van der Waals surface area contributed by atoms with E-state index in [9.17, 15) is 13.2 Å². The molecule has 0 heterocycles. The fourth-order valence-electron chi connectivity index (χ4n) is 1.69. The molecule has 1 atom stereocenters. The van der Waals surface area contributed by atoms with Crippen molar-refractivity contribution in [3.63, 3.8) is 0 Å². The molecule has 0 aliphatic heterocycles. The Balaban J connectivity index is 2.95. The summed E-state index contributed by atoms with van der Waals surface area (Å²) in [7, 11) is 1.51. The molecule has 1 unspecified atom stereocenters. The van der Waals surface area contributed by atoms with Crippen LogP contribution >= 0.6 is 0 Å². The van der Waals surface area contributed by atoms with Crippen molar-refractivity contribution in [2.45, 2.75) is 19.1 Å². The number of benzene rings is 1. The van der Waals surface area contributed by atoms with E-state index in [0.29, 0.717) is 6.61 Å². The molecule has 0 saturated carbocycles. The topological polar surface area (TPSA) is 30.5 Å². The van der Waals surface area contributed by atoms with Gasteiger partial charge in [0.15, 0.2) is 0 Å². The van der Waals surface area contributed by atoms with Crippen molar-refractivity contribution in [3.05, 3.63) is 29.8 Å². The van der Waals surface area contributed by atoms with Gasteiger partial charge in [-0.05, 0) is 12.6 Å². The van der Waals surface area contributed by atoms with Gasteiger partial charge in [0.25, 0.3) is 0 Å². The normalized spacial score (nSPS) is 13.3. The Bertz CT molecular complexity index is 382. The number of hydrogen-bond acceptors (Lipinski definition) is 3. The first-order valence-corrected chi connectivity index (χ1v) is 6.01. The Morgan fingerprint density at radius 3 is 2.47 bits per heavy atom. The van der Waals surface area contributed by atoms with E-state index < -0.39 is 12.2 Å². The second-order valence-corrected chi connectivity index (χ2v) is 3.91. The van der Waals surface area contributed by atoms with Gasteiger partial charge in [0.1, 0.15) is 18.4 Å². The van der Waals surface area contributed by atoms with E-state index in [4.69, 9.17) is 9.47 Å². The molecule has 1 aromatic carbocycles. The lowest BCUT2D eigenvalue weighted by molar-refractivity contribution is -0.157. The third-order valence-corrected chi connectivity index (χ3v) is 2.51. The Kier molecular flexibility index (Phi) is 6.11. The Labute approximate surface area is 110 Å². The average Bonchev–Trinajstić information content (AvgIpc) is 2.36. The molecule has 0 aliphatic rings. The van der Waals surface area contributed by atoms with Gasteiger partial charge in [-0.2, -0.15) is 13.2 Å². The van der Waals surface area contributed by atoms with Crippen LogP contribution in [0.1, 0.15) is 18.5 Å². The van der Waals surface area contributed by atoms with E-state index in [-0.39, 0.29) is 24.5 Å². The van der Waals surface area contributed by atoms with Gasteiger partial charge in [-0.3, -0.25) is 0 Å². The molecule has 0 spiro atoms. The Hall–Kier alpha value is -1.27. The molecule has 0 amide bonds. The fourth-order valence-corrected chi connectivity index (χ4v) is 1.69. The van der Waals surface area contributed by atoms with Crippen LogP contribution in [0, 0.1) is 0 Å². The first-order valence-electron chi connectivity index (χ1n) is 6.01. The predicted molar refractivity (Wildman–Crippen MR) is 66.3 cm³/mol. The van der Waals surface area contributed by atoms with Crippen LogP contribution in [-0.4, -0.2) is 33.0 Å². The number of hydrogen-bond donors (Lipinski definition) is 1. The maximum Gasteiger partial charge on any atom is 0.408 e. The molecule has 6 heteroatoms. The second-order valence-electron chi connectivity index (χ2n) is 3.91. The maximum atomic E-state index is 13.0. The number of alkyl halides is 3. The van der Waals surface area contributed by atoms with Crippen molar-refractivity contribution < 1.29 is 22.6 Å². The lowest BCUT2D eigenvalue weighted by Crippen LogP contribution is -2.34. The SMILES string of the molecule is CCNC(c1ccccc1OCCOC)C(F)(F)F. The molecule has 1 N–H and O–H groups in total. The maximum absolute atomic E-state index is 13.0. The number of methoxy groups -OCH3 is 1. The standard InChI is InChI=1S/C13H18F3NO2/c1-3-17-12(13(14,15)16)10-6-4-5-7-11(10)19-9-8-18-2/h4-7,12,17H,3,8-9H2,1-2H3. The van der Waals surface area contributed by atoms with E-state index in [0.717, 1.165) is 0 Å². The molecule has 0 saturated heterocycles. The van der Waals surface area contributed by atoms with Crippen LogP contribution in [0.5, 0.6) is 5.75 Å². The first-order chi connectivity index (χ1) is 9.00. The number of rotatable bonds is 7. The smallest absolute Gasteiger partial charge is 0.408 e. The molecule has 1 rings (SSSR count). The molecule has 0 fully saturated rings. The lowest BCUT2D eigenvalue weighted by Gasteiger charge is -2.23. The zero-order chi connectivity index (χ0) is 14.3. The predicted octanol–water partition coefficient (Wildman–Crippen LogP) is 2.92. The zero-order valence-corrected chi connectivity index (χ0v) is 11.0. The Morgan fingerprint density at radius 2 is 1.89 bits per heavy atom. The molecule has 0 bridgehead atoms. The molecule has 19 heavy (non-hydrogen) atoms. The summed E-state index contributed by atoms with van der Waals surface area (Å²) in [5.74, 6) is 0.225.